The largest absolute Gasteiger partial charge is 0.489 e. The third-order valence-electron chi connectivity index (χ3n) is 6.80. The zero-order valence-corrected chi connectivity index (χ0v) is 20.4. The van der Waals surface area contributed by atoms with E-state index in [1.165, 1.54) is 19.5 Å². The van der Waals surface area contributed by atoms with Crippen LogP contribution in [0.5, 0.6) is 5.75 Å². The Labute approximate surface area is 207 Å². The van der Waals surface area contributed by atoms with E-state index in [1.54, 1.807) is 6.33 Å². The van der Waals surface area contributed by atoms with E-state index < -0.39 is 0 Å². The molecule has 2 aromatic carbocycles. The molecule has 1 saturated heterocycles. The number of anilines is 1. The lowest BCUT2D eigenvalue weighted by atomic mass is 10.1. The number of aryl methyl sites for hydroxylation is 1. The van der Waals surface area contributed by atoms with Crippen LogP contribution in [0.4, 0.5) is 5.82 Å². The monoisotopic (exact) mass is 470 g/mol. The highest BCUT2D eigenvalue weighted by atomic mass is 16.5. The molecule has 0 bridgehead atoms. The molecule has 4 aromatic rings. The van der Waals surface area contributed by atoms with Crippen molar-refractivity contribution in [2.75, 3.05) is 45.5 Å². The Bertz CT molecular complexity index is 1250. The lowest BCUT2D eigenvalue weighted by Crippen LogP contribution is -2.44. The van der Waals surface area contributed by atoms with Gasteiger partial charge in [0.2, 0.25) is 0 Å². The molecule has 0 saturated carbocycles. The normalized spacial score (nSPS) is 15.0. The van der Waals surface area contributed by atoms with Crippen molar-refractivity contribution >= 4 is 11.3 Å². The van der Waals surface area contributed by atoms with Gasteiger partial charge >= 0.3 is 0 Å². The molecule has 0 aliphatic carbocycles. The predicted octanol–water partition coefficient (Wildman–Crippen LogP) is 4.13. The second kappa shape index (κ2) is 10.9. The smallest absolute Gasteiger partial charge is 0.151 e. The first-order valence-corrected chi connectivity index (χ1v) is 12.5. The van der Waals surface area contributed by atoms with Gasteiger partial charge in [0.15, 0.2) is 5.82 Å². The van der Waals surface area contributed by atoms with Gasteiger partial charge in [0.25, 0.3) is 0 Å². The van der Waals surface area contributed by atoms with Crippen molar-refractivity contribution in [3.63, 3.8) is 0 Å². The molecule has 0 spiro atoms. The molecule has 1 aliphatic rings. The minimum Gasteiger partial charge on any atom is -0.489 e. The van der Waals surface area contributed by atoms with Gasteiger partial charge in [-0.05, 0) is 62.2 Å². The minimum absolute atomic E-state index is 0.495. The summed E-state index contributed by atoms with van der Waals surface area (Å²) in [4.78, 5) is 9.24. The molecule has 0 unspecified atom stereocenters. The number of benzene rings is 2. The highest BCUT2D eigenvalue weighted by molar-refractivity contribution is 5.88. The molecule has 182 valence electrons. The van der Waals surface area contributed by atoms with Gasteiger partial charge in [0.1, 0.15) is 24.2 Å². The number of fused-ring (bicyclic) bond motifs is 1. The van der Waals surface area contributed by atoms with E-state index in [-0.39, 0.29) is 0 Å². The van der Waals surface area contributed by atoms with E-state index in [0.717, 1.165) is 66.1 Å². The number of hydrogen-bond acceptors (Lipinski definition) is 6. The molecular weight excluding hydrogens is 436 g/mol. The molecular formula is C28H34N6O. The third kappa shape index (κ3) is 5.63. The van der Waals surface area contributed by atoms with Gasteiger partial charge in [-0.2, -0.15) is 5.10 Å². The fraction of sp³-hybridized carbons (Fsp3) is 0.357. The SMILES string of the molecule is CN1CCN(CCCCc2cc(-c3cccc(OCc4ccccc4)c3)c3c(N)ncnn23)CC1. The average Bonchev–Trinajstić information content (AvgIpc) is 3.27. The number of likely N-dealkylation sites (N-methyl/N-ethyl adjacent to an activating group) is 1. The molecule has 0 radical (unpaired) electrons. The number of aromatic nitrogens is 3. The molecule has 3 heterocycles. The summed E-state index contributed by atoms with van der Waals surface area (Å²) in [6, 6.07) is 20.6. The average molecular weight is 471 g/mol. The third-order valence-corrected chi connectivity index (χ3v) is 6.80. The van der Waals surface area contributed by atoms with Gasteiger partial charge in [-0.1, -0.05) is 42.5 Å². The lowest BCUT2D eigenvalue weighted by Gasteiger charge is -2.32. The summed E-state index contributed by atoms with van der Waals surface area (Å²) in [7, 11) is 2.20. The maximum absolute atomic E-state index is 6.33. The summed E-state index contributed by atoms with van der Waals surface area (Å²) < 4.78 is 8.03. The van der Waals surface area contributed by atoms with E-state index in [4.69, 9.17) is 10.5 Å². The second-order valence-corrected chi connectivity index (χ2v) is 9.36. The molecule has 7 heteroatoms. The molecule has 7 nitrogen and oxygen atoms in total. The Morgan fingerprint density at radius 3 is 2.60 bits per heavy atom. The Morgan fingerprint density at radius 1 is 0.943 bits per heavy atom. The summed E-state index contributed by atoms with van der Waals surface area (Å²) in [5.41, 5.74) is 11.6. The van der Waals surface area contributed by atoms with Crippen molar-refractivity contribution in [3.05, 3.63) is 78.2 Å². The van der Waals surface area contributed by atoms with Crippen LogP contribution < -0.4 is 10.5 Å². The highest BCUT2D eigenvalue weighted by Gasteiger charge is 2.17. The van der Waals surface area contributed by atoms with Gasteiger partial charge in [-0.15, -0.1) is 0 Å². The van der Waals surface area contributed by atoms with Crippen LogP contribution in [-0.2, 0) is 13.0 Å². The van der Waals surface area contributed by atoms with Crippen molar-refractivity contribution < 1.29 is 4.74 Å². The van der Waals surface area contributed by atoms with Crippen LogP contribution in [-0.4, -0.2) is 64.2 Å². The number of nitrogens with zero attached hydrogens (tertiary/aromatic N) is 5. The summed E-state index contributed by atoms with van der Waals surface area (Å²) in [6.07, 6.45) is 4.78. The Balaban J connectivity index is 1.30. The first kappa shape index (κ1) is 23.3. The fourth-order valence-corrected chi connectivity index (χ4v) is 4.74. The van der Waals surface area contributed by atoms with Crippen LogP contribution in [0.3, 0.4) is 0 Å². The van der Waals surface area contributed by atoms with E-state index in [2.05, 4.69) is 57.3 Å². The van der Waals surface area contributed by atoms with Crippen molar-refractivity contribution in [2.45, 2.75) is 25.9 Å². The lowest BCUT2D eigenvalue weighted by molar-refractivity contribution is 0.152. The number of unbranched alkanes of at least 4 members (excludes halogenated alkanes) is 1. The minimum atomic E-state index is 0.495. The number of ether oxygens (including phenoxy) is 1. The van der Waals surface area contributed by atoms with Crippen molar-refractivity contribution in [1.82, 2.24) is 24.4 Å². The van der Waals surface area contributed by atoms with Crippen LogP contribution in [0.25, 0.3) is 16.6 Å². The molecule has 2 N–H and O–H groups in total. The van der Waals surface area contributed by atoms with E-state index in [9.17, 15) is 0 Å². The topological polar surface area (TPSA) is 71.9 Å². The van der Waals surface area contributed by atoms with Gasteiger partial charge in [-0.3, -0.25) is 0 Å². The molecule has 1 fully saturated rings. The van der Waals surface area contributed by atoms with Gasteiger partial charge < -0.3 is 20.3 Å². The quantitative estimate of drug-likeness (QED) is 0.371. The van der Waals surface area contributed by atoms with Crippen molar-refractivity contribution in [1.29, 1.82) is 0 Å². The second-order valence-electron chi connectivity index (χ2n) is 9.36. The molecule has 0 amide bonds. The van der Waals surface area contributed by atoms with Gasteiger partial charge in [0, 0.05) is 37.4 Å². The first-order valence-electron chi connectivity index (χ1n) is 12.5. The first-order chi connectivity index (χ1) is 17.2. The Morgan fingerprint density at radius 2 is 1.77 bits per heavy atom. The predicted molar refractivity (Wildman–Crippen MR) is 140 cm³/mol. The van der Waals surface area contributed by atoms with E-state index >= 15 is 0 Å². The van der Waals surface area contributed by atoms with Gasteiger partial charge in [0.05, 0.1) is 0 Å². The van der Waals surface area contributed by atoms with Crippen LogP contribution in [0.2, 0.25) is 0 Å². The summed E-state index contributed by atoms with van der Waals surface area (Å²) in [5, 5.41) is 4.54. The summed E-state index contributed by atoms with van der Waals surface area (Å²) in [6.45, 7) is 6.35. The summed E-state index contributed by atoms with van der Waals surface area (Å²) in [5.74, 6) is 1.32. The number of nitrogens with two attached hydrogens (primary N) is 1. The van der Waals surface area contributed by atoms with E-state index in [1.807, 2.05) is 34.8 Å². The van der Waals surface area contributed by atoms with Crippen LogP contribution in [0.1, 0.15) is 24.1 Å². The maximum Gasteiger partial charge on any atom is 0.151 e. The zero-order valence-electron chi connectivity index (χ0n) is 20.4. The number of piperazine rings is 1. The Kier molecular flexibility index (Phi) is 7.25. The maximum atomic E-state index is 6.33. The van der Waals surface area contributed by atoms with Crippen LogP contribution in [0, 0.1) is 0 Å². The summed E-state index contributed by atoms with van der Waals surface area (Å²) >= 11 is 0. The molecule has 5 rings (SSSR count). The van der Waals surface area contributed by atoms with Crippen LogP contribution in [0.15, 0.2) is 67.0 Å². The van der Waals surface area contributed by atoms with Crippen molar-refractivity contribution in [3.8, 4) is 16.9 Å². The van der Waals surface area contributed by atoms with E-state index in [0.29, 0.717) is 12.4 Å². The standard InChI is InChI=1S/C28H34N6O/c1-32-14-16-33(17-15-32)13-6-5-11-24-19-26(27-28(29)30-21-31-34(24)27)23-10-7-12-25(18-23)35-20-22-8-3-2-4-9-22/h2-4,7-10,12,18-19,21H,5-6,11,13-17,20H2,1H3,(H2,29,30,31). The number of nitrogen functional groups attached to an aromatic ring is 1. The molecule has 2 aromatic heterocycles. The molecule has 35 heavy (non-hydrogen) atoms. The van der Waals surface area contributed by atoms with Crippen molar-refractivity contribution in [2.24, 2.45) is 0 Å². The van der Waals surface area contributed by atoms with Crippen LogP contribution >= 0.6 is 0 Å². The fourth-order valence-electron chi connectivity index (χ4n) is 4.74. The molecule has 0 atom stereocenters. The van der Waals surface area contributed by atoms with Gasteiger partial charge in [-0.25, -0.2) is 9.50 Å². The molecule has 1 aliphatic heterocycles. The Hall–Kier alpha value is -3.42. The number of hydrogen-bond donors (Lipinski definition) is 1. The zero-order chi connectivity index (χ0) is 24.0. The number of rotatable bonds is 9. The highest BCUT2D eigenvalue weighted by Crippen LogP contribution is 2.33.